The van der Waals surface area contributed by atoms with Crippen LogP contribution in [0.4, 0.5) is 5.69 Å². The summed E-state index contributed by atoms with van der Waals surface area (Å²) >= 11 is 0. The highest BCUT2D eigenvalue weighted by Gasteiger charge is 2.01. The maximum absolute atomic E-state index is 4.29. The largest absolute Gasteiger partial charge is 0.377 e. The first-order chi connectivity index (χ1) is 5.79. The smallest absolute Gasteiger partial charge is 0.0682 e. The van der Waals surface area contributed by atoms with Gasteiger partial charge >= 0.3 is 0 Å². The lowest BCUT2D eigenvalue weighted by molar-refractivity contribution is 1.09. The van der Waals surface area contributed by atoms with E-state index in [0.717, 1.165) is 11.8 Å². The second-order valence-electron chi connectivity index (χ2n) is 3.17. The van der Waals surface area contributed by atoms with Crippen molar-refractivity contribution in [3.05, 3.63) is 22.8 Å². The van der Waals surface area contributed by atoms with E-state index in [9.17, 15) is 0 Å². The minimum atomic E-state index is 1.02. The van der Waals surface area contributed by atoms with Crippen LogP contribution in [-0.2, 0) is 0 Å². The fourth-order valence-electron chi connectivity index (χ4n) is 1.53. The monoisotopic (exact) mass is 160 g/mol. The van der Waals surface area contributed by atoms with Crippen LogP contribution in [0.5, 0.6) is 0 Å². The van der Waals surface area contributed by atoms with E-state index in [1.165, 1.54) is 10.9 Å². The molecule has 0 unspecified atom stereocenters. The Morgan fingerprint density at radius 2 is 2.17 bits per heavy atom. The lowest BCUT2D eigenvalue weighted by atomic mass is 10.3. The quantitative estimate of drug-likeness (QED) is 0.580. The number of rotatable bonds is 1. The maximum atomic E-state index is 4.29. The zero-order valence-corrected chi connectivity index (χ0v) is 7.41. The van der Waals surface area contributed by atoms with Crippen molar-refractivity contribution in [2.45, 2.75) is 6.42 Å². The van der Waals surface area contributed by atoms with E-state index >= 15 is 0 Å². The molecule has 1 aromatic heterocycles. The van der Waals surface area contributed by atoms with Crippen LogP contribution in [0.3, 0.4) is 0 Å². The summed E-state index contributed by atoms with van der Waals surface area (Å²) in [5.41, 5.74) is 1.26. The van der Waals surface area contributed by atoms with Crippen molar-refractivity contribution in [3.63, 3.8) is 0 Å². The molecule has 12 heavy (non-hydrogen) atoms. The second kappa shape index (κ2) is 2.63. The Balaban J connectivity index is 2.75. The molecule has 0 amide bonds. The number of pyridine rings is 1. The first-order valence-corrected chi connectivity index (χ1v) is 4.12. The first-order valence-electron chi connectivity index (χ1n) is 4.12. The number of fused-ring (bicyclic) bond motifs is 1. The van der Waals surface area contributed by atoms with Crippen LogP contribution in [0.25, 0.3) is 12.2 Å². The Hall–Kier alpha value is -1.31. The molecule has 1 aliphatic rings. The number of hydrogen-bond acceptors (Lipinski definition) is 2. The molecule has 1 aromatic rings. The van der Waals surface area contributed by atoms with Crippen molar-refractivity contribution in [2.75, 3.05) is 19.0 Å². The minimum Gasteiger partial charge on any atom is -0.377 e. The highest BCUT2D eigenvalue weighted by molar-refractivity contribution is 5.56. The molecule has 0 aliphatic heterocycles. The van der Waals surface area contributed by atoms with E-state index in [2.05, 4.69) is 42.2 Å². The van der Waals surface area contributed by atoms with Crippen LogP contribution in [0.2, 0.25) is 0 Å². The van der Waals surface area contributed by atoms with Gasteiger partial charge in [0.25, 0.3) is 0 Å². The van der Waals surface area contributed by atoms with Gasteiger partial charge in [-0.05, 0) is 12.5 Å². The number of anilines is 1. The van der Waals surface area contributed by atoms with Crippen LogP contribution < -0.4 is 15.5 Å². The van der Waals surface area contributed by atoms with Gasteiger partial charge in [0.05, 0.1) is 5.35 Å². The molecule has 0 aromatic carbocycles. The van der Waals surface area contributed by atoms with Gasteiger partial charge < -0.3 is 4.90 Å². The third-order valence-corrected chi connectivity index (χ3v) is 2.11. The van der Waals surface area contributed by atoms with Crippen LogP contribution in [0, 0.1) is 0 Å². The van der Waals surface area contributed by atoms with Crippen molar-refractivity contribution >= 4 is 17.8 Å². The summed E-state index contributed by atoms with van der Waals surface area (Å²) in [6, 6.07) is 2.05. The molecule has 0 saturated carbocycles. The molecule has 1 aliphatic carbocycles. The van der Waals surface area contributed by atoms with Crippen LogP contribution >= 0.6 is 0 Å². The Bertz CT molecular complexity index is 404. The highest BCUT2D eigenvalue weighted by atomic mass is 15.1. The molecule has 0 saturated heterocycles. The van der Waals surface area contributed by atoms with Gasteiger partial charge in [0.2, 0.25) is 0 Å². The fourth-order valence-corrected chi connectivity index (χ4v) is 1.53. The SMILES string of the molecule is CN(C)c1ccnc2c1=CCC=2. The van der Waals surface area contributed by atoms with Gasteiger partial charge in [-0.25, -0.2) is 0 Å². The van der Waals surface area contributed by atoms with Crippen molar-refractivity contribution in [3.8, 4) is 0 Å². The average Bonchev–Trinajstić information content (AvgIpc) is 2.49. The summed E-state index contributed by atoms with van der Waals surface area (Å²) in [7, 11) is 4.11. The molecule has 0 N–H and O–H groups in total. The van der Waals surface area contributed by atoms with Gasteiger partial charge in [-0.3, -0.25) is 4.98 Å². The number of aromatic nitrogens is 1. The molecular weight excluding hydrogens is 148 g/mol. The van der Waals surface area contributed by atoms with Crippen LogP contribution in [-0.4, -0.2) is 19.1 Å². The van der Waals surface area contributed by atoms with Crippen LogP contribution in [0.15, 0.2) is 12.3 Å². The Kier molecular flexibility index (Phi) is 1.61. The average molecular weight is 160 g/mol. The van der Waals surface area contributed by atoms with E-state index in [4.69, 9.17) is 0 Å². The van der Waals surface area contributed by atoms with Gasteiger partial charge in [0, 0.05) is 31.2 Å². The summed E-state index contributed by atoms with van der Waals surface area (Å²) in [4.78, 5) is 6.41. The second-order valence-corrected chi connectivity index (χ2v) is 3.17. The molecule has 2 heteroatoms. The zero-order valence-electron chi connectivity index (χ0n) is 7.41. The van der Waals surface area contributed by atoms with Gasteiger partial charge in [0.1, 0.15) is 0 Å². The molecule has 2 rings (SSSR count). The van der Waals surface area contributed by atoms with Crippen molar-refractivity contribution in [1.82, 2.24) is 4.98 Å². The molecule has 0 radical (unpaired) electrons. The lowest BCUT2D eigenvalue weighted by Crippen LogP contribution is -2.30. The predicted molar refractivity (Wildman–Crippen MR) is 51.4 cm³/mol. The molecule has 0 fully saturated rings. The predicted octanol–water partition coefficient (Wildman–Crippen LogP) is 0.112. The summed E-state index contributed by atoms with van der Waals surface area (Å²) in [6.45, 7) is 0. The Labute approximate surface area is 71.9 Å². The van der Waals surface area contributed by atoms with Crippen LogP contribution in [0.1, 0.15) is 6.42 Å². The van der Waals surface area contributed by atoms with E-state index in [1.807, 2.05) is 6.20 Å². The first kappa shape index (κ1) is 7.35. The minimum absolute atomic E-state index is 1.02. The van der Waals surface area contributed by atoms with E-state index in [0.29, 0.717) is 0 Å². The summed E-state index contributed by atoms with van der Waals surface area (Å²) in [5, 5.41) is 2.41. The molecule has 2 nitrogen and oxygen atoms in total. The Morgan fingerprint density at radius 3 is 2.92 bits per heavy atom. The topological polar surface area (TPSA) is 16.1 Å². The van der Waals surface area contributed by atoms with Crippen molar-refractivity contribution < 1.29 is 0 Å². The van der Waals surface area contributed by atoms with Gasteiger partial charge in [-0.15, -0.1) is 0 Å². The number of nitrogens with zero attached hydrogens (tertiary/aromatic N) is 2. The highest BCUT2D eigenvalue weighted by Crippen LogP contribution is 2.01. The molecule has 0 spiro atoms. The summed E-state index contributed by atoms with van der Waals surface area (Å²) in [6.07, 6.45) is 7.26. The van der Waals surface area contributed by atoms with Crippen molar-refractivity contribution in [2.24, 2.45) is 0 Å². The third-order valence-electron chi connectivity index (χ3n) is 2.11. The van der Waals surface area contributed by atoms with E-state index in [1.54, 1.807) is 0 Å². The third kappa shape index (κ3) is 0.998. The van der Waals surface area contributed by atoms with Gasteiger partial charge in [-0.2, -0.15) is 0 Å². The normalized spacial score (nSPS) is 13.2. The lowest BCUT2D eigenvalue weighted by Gasteiger charge is -2.11. The number of hydrogen-bond donors (Lipinski definition) is 0. The summed E-state index contributed by atoms with van der Waals surface area (Å²) in [5.74, 6) is 0. The molecule has 62 valence electrons. The van der Waals surface area contributed by atoms with Crippen molar-refractivity contribution in [1.29, 1.82) is 0 Å². The maximum Gasteiger partial charge on any atom is 0.0682 e. The van der Waals surface area contributed by atoms with Gasteiger partial charge in [-0.1, -0.05) is 12.2 Å². The fraction of sp³-hybridized carbons (Fsp3) is 0.300. The summed E-state index contributed by atoms with van der Waals surface area (Å²) < 4.78 is 0. The zero-order chi connectivity index (χ0) is 8.55. The molecule has 0 bridgehead atoms. The molecular formula is C10H12N2. The van der Waals surface area contributed by atoms with E-state index < -0.39 is 0 Å². The Morgan fingerprint density at radius 1 is 1.33 bits per heavy atom. The molecule has 0 atom stereocenters. The van der Waals surface area contributed by atoms with Gasteiger partial charge in [0.15, 0.2) is 0 Å². The van der Waals surface area contributed by atoms with E-state index in [-0.39, 0.29) is 0 Å². The standard InChI is InChI=1S/C10H12N2/c1-12(2)10-6-7-11-9-5-3-4-8(9)10/h4-7H,3H2,1-2H3. The molecule has 1 heterocycles.